The molecule has 0 nitrogen and oxygen atoms in total. The fourth-order valence-electron chi connectivity index (χ4n) is 2.97. The van der Waals surface area contributed by atoms with Crippen LogP contribution in [-0.2, 0) is 0 Å². The molecule has 0 saturated carbocycles. The van der Waals surface area contributed by atoms with E-state index in [9.17, 15) is 0 Å². The van der Waals surface area contributed by atoms with E-state index in [1.54, 1.807) is 5.57 Å². The van der Waals surface area contributed by atoms with E-state index in [-0.39, 0.29) is 0 Å². The van der Waals surface area contributed by atoms with E-state index in [1.165, 1.54) is 63.5 Å². The van der Waals surface area contributed by atoms with Gasteiger partial charge in [-0.2, -0.15) is 0 Å². The normalized spacial score (nSPS) is 18.7. The molecule has 0 fully saturated rings. The van der Waals surface area contributed by atoms with Gasteiger partial charge < -0.3 is 0 Å². The quantitative estimate of drug-likeness (QED) is 0.412. The molecule has 0 spiro atoms. The molecule has 1 aliphatic heterocycles. The lowest BCUT2D eigenvalue weighted by Gasteiger charge is -2.23. The Morgan fingerprint density at radius 1 is 1.17 bits per heavy atom. The number of rotatable bonds is 10. The van der Waals surface area contributed by atoms with Gasteiger partial charge in [0.05, 0.1) is 0 Å². The summed E-state index contributed by atoms with van der Waals surface area (Å²) in [5.74, 6) is 3.18. The van der Waals surface area contributed by atoms with Crippen LogP contribution in [0.15, 0.2) is 11.0 Å². The maximum atomic E-state index is 2.48. The Balaban J connectivity index is 2.17. The smallest absolute Gasteiger partial charge is 0.00116 e. The van der Waals surface area contributed by atoms with E-state index >= 15 is 0 Å². The van der Waals surface area contributed by atoms with Crippen molar-refractivity contribution >= 4 is 11.8 Å². The summed E-state index contributed by atoms with van der Waals surface area (Å²) < 4.78 is 0. The van der Waals surface area contributed by atoms with Crippen LogP contribution in [0.3, 0.4) is 0 Å². The average molecular weight is 269 g/mol. The molecule has 1 aliphatic rings. The molecule has 0 radical (unpaired) electrons. The highest BCUT2D eigenvalue weighted by Crippen LogP contribution is 2.33. The lowest BCUT2D eigenvalue weighted by atomic mass is 9.82. The summed E-state index contributed by atoms with van der Waals surface area (Å²) >= 11 is 2.01. The topological polar surface area (TPSA) is 0 Å². The van der Waals surface area contributed by atoms with E-state index in [0.29, 0.717) is 0 Å². The summed E-state index contributed by atoms with van der Waals surface area (Å²) in [5, 5.41) is 2.43. The second-order valence-electron chi connectivity index (χ2n) is 5.95. The molecule has 1 rings (SSSR count). The molecule has 0 aromatic heterocycles. The molecule has 1 heterocycles. The van der Waals surface area contributed by atoms with Crippen LogP contribution in [0.5, 0.6) is 0 Å². The predicted octanol–water partition coefficient (Wildman–Crippen LogP) is 6.42. The van der Waals surface area contributed by atoms with Crippen LogP contribution < -0.4 is 0 Å². The first-order valence-corrected chi connectivity index (χ1v) is 9.12. The number of thioether (sulfide) groups is 1. The van der Waals surface area contributed by atoms with Gasteiger partial charge in [0, 0.05) is 5.75 Å². The largest absolute Gasteiger partial charge is 0.134 e. The second-order valence-corrected chi connectivity index (χ2v) is 6.93. The van der Waals surface area contributed by atoms with Crippen molar-refractivity contribution in [3.63, 3.8) is 0 Å². The zero-order valence-corrected chi connectivity index (χ0v) is 13.5. The minimum absolute atomic E-state index is 0.920. The van der Waals surface area contributed by atoms with Crippen molar-refractivity contribution in [1.82, 2.24) is 0 Å². The lowest BCUT2D eigenvalue weighted by molar-refractivity contribution is 0.314. The van der Waals surface area contributed by atoms with E-state index < -0.39 is 0 Å². The van der Waals surface area contributed by atoms with Crippen LogP contribution in [0.25, 0.3) is 0 Å². The van der Waals surface area contributed by atoms with Gasteiger partial charge in [-0.3, -0.25) is 0 Å². The van der Waals surface area contributed by atoms with Crippen LogP contribution in [0.1, 0.15) is 78.6 Å². The van der Waals surface area contributed by atoms with Crippen LogP contribution in [0.2, 0.25) is 0 Å². The van der Waals surface area contributed by atoms with Crippen molar-refractivity contribution in [3.05, 3.63) is 11.0 Å². The Morgan fingerprint density at radius 3 is 2.56 bits per heavy atom. The highest BCUT2D eigenvalue weighted by atomic mass is 32.2. The molecule has 0 amide bonds. The second kappa shape index (κ2) is 9.95. The number of hydrogen-bond donors (Lipinski definition) is 0. The standard InChI is InChI=1S/C17H32S/c1-4-6-7-8-9-10-15(3)17(5-2)13-16-11-12-18-14-16/h14-15,17H,4-13H2,1-3H3. The third-order valence-corrected chi connectivity index (χ3v) is 5.35. The molecule has 1 heteroatoms. The van der Waals surface area contributed by atoms with Gasteiger partial charge in [0.1, 0.15) is 0 Å². The maximum absolute atomic E-state index is 2.48. The monoisotopic (exact) mass is 268 g/mol. The first kappa shape index (κ1) is 16.1. The van der Waals surface area contributed by atoms with Crippen molar-refractivity contribution in [1.29, 1.82) is 0 Å². The third-order valence-electron chi connectivity index (χ3n) is 4.41. The summed E-state index contributed by atoms with van der Waals surface area (Å²) in [6.07, 6.45) is 12.7. The van der Waals surface area contributed by atoms with E-state index in [1.807, 2.05) is 11.8 Å². The van der Waals surface area contributed by atoms with Gasteiger partial charge in [-0.15, -0.1) is 11.8 Å². The third kappa shape index (κ3) is 6.31. The van der Waals surface area contributed by atoms with Crippen LogP contribution in [0.4, 0.5) is 0 Å². The first-order valence-electron chi connectivity index (χ1n) is 8.07. The molecule has 106 valence electrons. The van der Waals surface area contributed by atoms with Crippen LogP contribution >= 0.6 is 11.8 Å². The molecule has 18 heavy (non-hydrogen) atoms. The molecule has 0 bridgehead atoms. The Kier molecular flexibility index (Phi) is 8.92. The van der Waals surface area contributed by atoms with E-state index in [4.69, 9.17) is 0 Å². The number of hydrogen-bond acceptors (Lipinski definition) is 1. The van der Waals surface area contributed by atoms with Gasteiger partial charge in [0.15, 0.2) is 0 Å². The highest BCUT2D eigenvalue weighted by molar-refractivity contribution is 8.02. The summed E-state index contributed by atoms with van der Waals surface area (Å²) in [6.45, 7) is 7.15. The molecular formula is C17H32S. The number of allylic oxidation sites excluding steroid dienone is 1. The molecule has 0 saturated heterocycles. The Hall–Kier alpha value is 0.0900. The van der Waals surface area contributed by atoms with Crippen molar-refractivity contribution < 1.29 is 0 Å². The summed E-state index contributed by atoms with van der Waals surface area (Å²) in [7, 11) is 0. The van der Waals surface area contributed by atoms with Gasteiger partial charge in [-0.05, 0) is 30.1 Å². The first-order chi connectivity index (χ1) is 8.77. The van der Waals surface area contributed by atoms with Gasteiger partial charge in [0.25, 0.3) is 0 Å². The summed E-state index contributed by atoms with van der Waals surface area (Å²) in [5.41, 5.74) is 1.73. The maximum Gasteiger partial charge on any atom is 0.00116 e. The highest BCUT2D eigenvalue weighted by Gasteiger charge is 2.18. The zero-order valence-electron chi connectivity index (χ0n) is 12.7. The van der Waals surface area contributed by atoms with E-state index in [0.717, 1.165) is 11.8 Å². The van der Waals surface area contributed by atoms with Gasteiger partial charge in [0.2, 0.25) is 0 Å². The van der Waals surface area contributed by atoms with Crippen molar-refractivity contribution in [2.75, 3.05) is 5.75 Å². The summed E-state index contributed by atoms with van der Waals surface area (Å²) in [4.78, 5) is 0. The molecule has 2 atom stereocenters. The van der Waals surface area contributed by atoms with Crippen LogP contribution in [0, 0.1) is 11.8 Å². The molecule has 0 N–H and O–H groups in total. The SMILES string of the molecule is CCCCCCCC(C)C(CC)CC1=CSCC1. The average Bonchev–Trinajstić information content (AvgIpc) is 2.88. The summed E-state index contributed by atoms with van der Waals surface area (Å²) in [6, 6.07) is 0. The Bertz CT molecular complexity index is 232. The van der Waals surface area contributed by atoms with Gasteiger partial charge in [-0.1, -0.05) is 71.3 Å². The minimum atomic E-state index is 0.920. The van der Waals surface area contributed by atoms with Crippen molar-refractivity contribution in [3.8, 4) is 0 Å². The van der Waals surface area contributed by atoms with Crippen molar-refractivity contribution in [2.45, 2.75) is 78.6 Å². The molecule has 0 aliphatic carbocycles. The lowest BCUT2D eigenvalue weighted by Crippen LogP contribution is -2.11. The molecule has 0 aromatic rings. The number of unbranched alkanes of at least 4 members (excludes halogenated alkanes) is 4. The Morgan fingerprint density at radius 2 is 1.94 bits per heavy atom. The minimum Gasteiger partial charge on any atom is -0.134 e. The molecule has 2 unspecified atom stereocenters. The van der Waals surface area contributed by atoms with Gasteiger partial charge >= 0.3 is 0 Å². The van der Waals surface area contributed by atoms with Crippen LogP contribution in [-0.4, -0.2) is 5.75 Å². The molecular weight excluding hydrogens is 236 g/mol. The van der Waals surface area contributed by atoms with E-state index in [2.05, 4.69) is 26.2 Å². The Labute approximate surface area is 119 Å². The fourth-order valence-corrected chi connectivity index (χ4v) is 3.91. The molecule has 0 aromatic carbocycles. The van der Waals surface area contributed by atoms with Gasteiger partial charge in [-0.25, -0.2) is 0 Å². The van der Waals surface area contributed by atoms with Crippen molar-refractivity contribution in [2.24, 2.45) is 11.8 Å². The fraction of sp³-hybridized carbons (Fsp3) is 0.882. The predicted molar refractivity (Wildman–Crippen MR) is 86.1 cm³/mol. The zero-order chi connectivity index (χ0) is 13.2.